The lowest BCUT2D eigenvalue weighted by Crippen LogP contribution is -2.43. The summed E-state index contributed by atoms with van der Waals surface area (Å²) < 4.78 is 21.6. The van der Waals surface area contributed by atoms with E-state index in [1.807, 2.05) is 59.5 Å². The Morgan fingerprint density at radius 3 is 2.27 bits per heavy atom. The second-order valence-corrected chi connectivity index (χ2v) is 8.96. The Hall–Kier alpha value is -4.00. The maximum absolute atomic E-state index is 13.4. The summed E-state index contributed by atoms with van der Waals surface area (Å²) in [6.45, 7) is 0.532. The van der Waals surface area contributed by atoms with Crippen molar-refractivity contribution in [3.63, 3.8) is 0 Å². The summed E-state index contributed by atoms with van der Waals surface area (Å²) in [7, 11) is 4.64. The van der Waals surface area contributed by atoms with Gasteiger partial charge in [-0.25, -0.2) is 0 Å². The minimum Gasteiger partial charge on any atom is -0.493 e. The topological polar surface area (TPSA) is 74.3 Å². The molecule has 1 aliphatic rings. The minimum absolute atomic E-state index is 0.0601. The van der Waals surface area contributed by atoms with E-state index in [1.54, 1.807) is 14.2 Å². The highest BCUT2D eigenvalue weighted by Gasteiger charge is 2.32. The molecule has 0 radical (unpaired) electrons. The van der Waals surface area contributed by atoms with Crippen LogP contribution in [-0.2, 0) is 33.6 Å². The lowest BCUT2D eigenvalue weighted by atomic mass is 9.88. The van der Waals surface area contributed by atoms with E-state index < -0.39 is 0 Å². The molecule has 0 bridgehead atoms. The Labute approximate surface area is 217 Å². The van der Waals surface area contributed by atoms with Gasteiger partial charge < -0.3 is 23.8 Å². The van der Waals surface area contributed by atoms with Gasteiger partial charge in [-0.3, -0.25) is 9.59 Å². The average Bonchev–Trinajstić information content (AvgIpc) is 2.95. The second-order valence-electron chi connectivity index (χ2n) is 8.96. The predicted molar refractivity (Wildman–Crippen MR) is 140 cm³/mol. The number of hydrogen-bond donors (Lipinski definition) is 0. The molecule has 3 aromatic carbocycles. The Morgan fingerprint density at radius 1 is 0.892 bits per heavy atom. The van der Waals surface area contributed by atoms with Crippen LogP contribution in [0.15, 0.2) is 66.7 Å². The number of rotatable bonds is 10. The second kappa shape index (κ2) is 12.3. The highest BCUT2D eigenvalue weighted by molar-refractivity contribution is 5.79. The first kappa shape index (κ1) is 26.1. The molecule has 7 heteroatoms. The van der Waals surface area contributed by atoms with Gasteiger partial charge >= 0.3 is 5.97 Å². The highest BCUT2D eigenvalue weighted by atomic mass is 16.5. The first-order chi connectivity index (χ1) is 18.0. The predicted octanol–water partition coefficient (Wildman–Crippen LogP) is 4.56. The van der Waals surface area contributed by atoms with Crippen LogP contribution in [0.5, 0.6) is 17.2 Å². The first-order valence-corrected chi connectivity index (χ1v) is 12.4. The summed E-state index contributed by atoms with van der Waals surface area (Å²) in [5, 5.41) is 0. The van der Waals surface area contributed by atoms with Crippen molar-refractivity contribution in [1.29, 1.82) is 0 Å². The van der Waals surface area contributed by atoms with E-state index in [0.29, 0.717) is 43.1 Å². The molecule has 37 heavy (non-hydrogen) atoms. The van der Waals surface area contributed by atoms with E-state index in [2.05, 4.69) is 12.1 Å². The van der Waals surface area contributed by atoms with Crippen molar-refractivity contribution in [2.75, 3.05) is 34.5 Å². The van der Waals surface area contributed by atoms with Gasteiger partial charge in [0.05, 0.1) is 27.4 Å². The summed E-state index contributed by atoms with van der Waals surface area (Å²) in [4.78, 5) is 26.7. The molecule has 3 aromatic rings. The van der Waals surface area contributed by atoms with Gasteiger partial charge in [0.2, 0.25) is 0 Å². The molecular weight excluding hydrogens is 470 g/mol. The van der Waals surface area contributed by atoms with Crippen LogP contribution in [0.25, 0.3) is 0 Å². The number of benzene rings is 3. The van der Waals surface area contributed by atoms with Crippen LogP contribution in [0.1, 0.15) is 34.7 Å². The molecule has 0 aromatic heterocycles. The SMILES string of the molecule is COC(=O)CCc1ccc(OCC(=O)N2CCc3cc(OC)c(OC)cc3C2Cc2ccccc2)cc1. The van der Waals surface area contributed by atoms with Crippen molar-refractivity contribution in [3.05, 3.63) is 89.0 Å². The zero-order chi connectivity index (χ0) is 26.2. The molecular formula is C30H33NO6. The van der Waals surface area contributed by atoms with Gasteiger partial charge in [-0.2, -0.15) is 0 Å². The van der Waals surface area contributed by atoms with E-state index in [-0.39, 0.29) is 24.5 Å². The molecule has 0 aliphatic carbocycles. The van der Waals surface area contributed by atoms with Gasteiger partial charge in [0, 0.05) is 13.0 Å². The van der Waals surface area contributed by atoms with Gasteiger partial charge in [0.15, 0.2) is 18.1 Å². The normalized spacial score (nSPS) is 14.5. The standard InChI is InChI=1S/C30H33NO6/c1-34-27-18-23-15-16-31(26(25(23)19-28(27)35-2)17-22-7-5-4-6-8-22)29(32)20-37-24-12-9-21(10-13-24)11-14-30(33)36-3/h4-10,12-13,18-19,26H,11,14-17,20H2,1-3H3. The molecule has 0 N–H and O–H groups in total. The lowest BCUT2D eigenvalue weighted by Gasteiger charge is -2.38. The Bertz CT molecular complexity index is 1210. The summed E-state index contributed by atoms with van der Waals surface area (Å²) >= 11 is 0. The molecule has 194 valence electrons. The third-order valence-corrected chi connectivity index (χ3v) is 6.73. The number of ether oxygens (including phenoxy) is 4. The number of nitrogens with zero attached hydrogens (tertiary/aromatic N) is 1. The van der Waals surface area contributed by atoms with Crippen LogP contribution in [0.4, 0.5) is 0 Å². The first-order valence-electron chi connectivity index (χ1n) is 12.4. The van der Waals surface area contributed by atoms with E-state index in [1.165, 1.54) is 7.11 Å². The summed E-state index contributed by atoms with van der Waals surface area (Å²) in [5.41, 5.74) is 4.38. The molecule has 4 rings (SSSR count). The minimum atomic E-state index is -0.241. The van der Waals surface area contributed by atoms with Gasteiger partial charge in [-0.1, -0.05) is 42.5 Å². The lowest BCUT2D eigenvalue weighted by molar-refractivity contribution is -0.140. The number of hydrogen-bond acceptors (Lipinski definition) is 6. The number of carbonyl (C=O) groups excluding carboxylic acids is 2. The molecule has 1 atom stereocenters. The monoisotopic (exact) mass is 503 g/mol. The summed E-state index contributed by atoms with van der Waals surface area (Å²) in [5.74, 6) is 1.64. The molecule has 1 aliphatic heterocycles. The number of esters is 1. The molecule has 1 heterocycles. The van der Waals surface area contributed by atoms with Crippen LogP contribution >= 0.6 is 0 Å². The van der Waals surface area contributed by atoms with Gasteiger partial charge in [0.25, 0.3) is 5.91 Å². The van der Waals surface area contributed by atoms with Crippen LogP contribution in [0.2, 0.25) is 0 Å². The molecule has 1 unspecified atom stereocenters. The smallest absolute Gasteiger partial charge is 0.305 e. The molecule has 1 amide bonds. The van der Waals surface area contributed by atoms with Gasteiger partial charge in [-0.05, 0) is 65.8 Å². The third-order valence-electron chi connectivity index (χ3n) is 6.73. The quantitative estimate of drug-likeness (QED) is 0.378. The fourth-order valence-corrected chi connectivity index (χ4v) is 4.71. The fraction of sp³-hybridized carbons (Fsp3) is 0.333. The van der Waals surface area contributed by atoms with Gasteiger partial charge in [0.1, 0.15) is 5.75 Å². The van der Waals surface area contributed by atoms with Crippen LogP contribution < -0.4 is 14.2 Å². The highest BCUT2D eigenvalue weighted by Crippen LogP contribution is 2.39. The van der Waals surface area contributed by atoms with Crippen molar-refractivity contribution < 1.29 is 28.5 Å². The van der Waals surface area contributed by atoms with Gasteiger partial charge in [-0.15, -0.1) is 0 Å². The van der Waals surface area contributed by atoms with E-state index in [4.69, 9.17) is 18.9 Å². The number of fused-ring (bicyclic) bond motifs is 1. The zero-order valence-electron chi connectivity index (χ0n) is 21.6. The molecule has 7 nitrogen and oxygen atoms in total. The van der Waals surface area contributed by atoms with Crippen LogP contribution in [0, 0.1) is 0 Å². The number of amides is 1. The Kier molecular flexibility index (Phi) is 8.67. The summed E-state index contributed by atoms with van der Waals surface area (Å²) in [6, 6.07) is 21.5. The molecule has 0 fully saturated rings. The van der Waals surface area contributed by atoms with E-state index in [0.717, 1.165) is 28.7 Å². The van der Waals surface area contributed by atoms with E-state index in [9.17, 15) is 9.59 Å². The maximum Gasteiger partial charge on any atom is 0.305 e. The Morgan fingerprint density at radius 2 is 1.59 bits per heavy atom. The van der Waals surface area contributed by atoms with Crippen molar-refractivity contribution in [1.82, 2.24) is 4.90 Å². The summed E-state index contributed by atoms with van der Waals surface area (Å²) in [6.07, 6.45) is 2.32. The van der Waals surface area contributed by atoms with Crippen molar-refractivity contribution >= 4 is 11.9 Å². The third kappa shape index (κ3) is 6.42. The average molecular weight is 504 g/mol. The van der Waals surface area contributed by atoms with Crippen molar-refractivity contribution in [2.24, 2.45) is 0 Å². The van der Waals surface area contributed by atoms with Crippen molar-refractivity contribution in [3.8, 4) is 17.2 Å². The molecule has 0 saturated heterocycles. The molecule has 0 saturated carbocycles. The van der Waals surface area contributed by atoms with E-state index >= 15 is 0 Å². The fourth-order valence-electron chi connectivity index (χ4n) is 4.71. The van der Waals surface area contributed by atoms with Crippen LogP contribution in [0.3, 0.4) is 0 Å². The maximum atomic E-state index is 13.4. The molecule has 0 spiro atoms. The zero-order valence-corrected chi connectivity index (χ0v) is 21.6. The number of carbonyl (C=O) groups is 2. The number of aryl methyl sites for hydroxylation is 1. The van der Waals surface area contributed by atoms with Crippen molar-refractivity contribution in [2.45, 2.75) is 31.7 Å². The van der Waals surface area contributed by atoms with Crippen LogP contribution in [-0.4, -0.2) is 51.3 Å². The largest absolute Gasteiger partial charge is 0.493 e. The number of methoxy groups -OCH3 is 3. The Balaban J connectivity index is 1.49.